The van der Waals surface area contributed by atoms with Gasteiger partial charge in [-0.05, 0) is 71.8 Å². The van der Waals surface area contributed by atoms with Gasteiger partial charge >= 0.3 is 7.82 Å². The summed E-state index contributed by atoms with van der Waals surface area (Å²) >= 11 is 0. The lowest BCUT2D eigenvalue weighted by molar-refractivity contribution is 0.280. The number of unbranched alkanes of at least 4 members (excludes halogenated alkanes) is 6. The van der Waals surface area contributed by atoms with Crippen molar-refractivity contribution in [1.29, 1.82) is 0 Å². The molecule has 1 atom stereocenters. The summed E-state index contributed by atoms with van der Waals surface area (Å²) in [6, 6.07) is 0. The summed E-state index contributed by atoms with van der Waals surface area (Å²) < 4.78 is 16.8. The van der Waals surface area contributed by atoms with Crippen molar-refractivity contribution in [2.75, 3.05) is 0 Å². The number of hydrogen-bond donors (Lipinski definition) is 2. The zero-order chi connectivity index (χ0) is 17.7. The van der Waals surface area contributed by atoms with Gasteiger partial charge in [-0.15, -0.1) is 0 Å². The van der Waals surface area contributed by atoms with E-state index in [4.69, 9.17) is 4.52 Å². The van der Waals surface area contributed by atoms with E-state index in [9.17, 15) is 14.4 Å². The van der Waals surface area contributed by atoms with E-state index < -0.39 is 7.82 Å². The molecule has 138 valence electrons. The third kappa shape index (κ3) is 3.18. The minimum absolute atomic E-state index is 0.334. The predicted molar refractivity (Wildman–Crippen MR) is 98.1 cm³/mol. The molecule has 4 rings (SSSR count). The normalized spacial score (nSPS) is 22.4. The SMILES string of the molecule is CCCCCCCCCc1c2c3c4c(c1OP(=O)(O)O)CC(C3)(C2)C4. The first-order valence-electron chi connectivity index (χ1n) is 9.86. The van der Waals surface area contributed by atoms with Crippen LogP contribution in [0.4, 0.5) is 0 Å². The summed E-state index contributed by atoms with van der Waals surface area (Å²) in [5, 5.41) is 0. The second-order valence-corrected chi connectivity index (χ2v) is 9.55. The topological polar surface area (TPSA) is 66.8 Å². The first-order valence-corrected chi connectivity index (χ1v) is 11.4. The maximum Gasteiger partial charge on any atom is 0.524 e. The van der Waals surface area contributed by atoms with Gasteiger partial charge in [-0.3, -0.25) is 9.79 Å². The number of phosphoric ester groups is 1. The molecule has 0 amide bonds. The van der Waals surface area contributed by atoms with E-state index in [2.05, 4.69) is 6.92 Å². The average molecular weight is 364 g/mol. The predicted octanol–water partition coefficient (Wildman–Crippen LogP) is 4.65. The van der Waals surface area contributed by atoms with Gasteiger partial charge in [0.05, 0.1) is 0 Å². The molecule has 0 aliphatic heterocycles. The molecular formula is C20H29O4P. The first-order chi connectivity index (χ1) is 11.9. The Balaban J connectivity index is 1.49. The van der Waals surface area contributed by atoms with Gasteiger partial charge in [0.25, 0.3) is 0 Å². The molecule has 1 aromatic carbocycles. The van der Waals surface area contributed by atoms with Crippen molar-refractivity contribution >= 4 is 7.82 Å². The van der Waals surface area contributed by atoms with Gasteiger partial charge in [0.1, 0.15) is 5.75 Å². The van der Waals surface area contributed by atoms with Crippen LogP contribution in [0, 0.1) is 5.41 Å². The lowest BCUT2D eigenvalue weighted by Crippen LogP contribution is -2.19. The monoisotopic (exact) mass is 364 g/mol. The highest BCUT2D eigenvalue weighted by molar-refractivity contribution is 7.46. The van der Waals surface area contributed by atoms with E-state index in [1.54, 1.807) is 0 Å². The summed E-state index contributed by atoms with van der Waals surface area (Å²) in [6.07, 6.45) is 14.0. The third-order valence-corrected chi connectivity index (χ3v) is 6.87. The smallest absolute Gasteiger partial charge is 0.404 e. The Labute approximate surface area is 150 Å². The van der Waals surface area contributed by atoms with E-state index in [0.717, 1.165) is 43.2 Å². The Morgan fingerprint density at radius 3 is 2.12 bits per heavy atom. The largest absolute Gasteiger partial charge is 0.524 e. The van der Waals surface area contributed by atoms with E-state index in [1.165, 1.54) is 61.6 Å². The van der Waals surface area contributed by atoms with Crippen molar-refractivity contribution in [3.05, 3.63) is 27.8 Å². The molecule has 1 unspecified atom stereocenters. The Kier molecular flexibility index (Phi) is 4.50. The fourth-order valence-electron chi connectivity index (χ4n) is 5.46. The molecule has 0 heterocycles. The lowest BCUT2D eigenvalue weighted by atomic mass is 9.84. The van der Waals surface area contributed by atoms with Crippen LogP contribution in [0.25, 0.3) is 0 Å². The standard InChI is InChI=1S/C20H29O4P/c1-2-3-4-5-6-7-8-9-14-15-10-20-11-16(15)17(12-20)18(13-20)19(14)24-25(21,22)23/h2-13H2,1H3,(H2,21,22,23). The van der Waals surface area contributed by atoms with Crippen molar-refractivity contribution in [3.63, 3.8) is 0 Å². The van der Waals surface area contributed by atoms with Gasteiger partial charge in [0, 0.05) is 0 Å². The number of phosphoric acid groups is 1. The van der Waals surface area contributed by atoms with Gasteiger partial charge in [-0.1, -0.05) is 45.4 Å². The second-order valence-electron chi connectivity index (χ2n) is 8.38. The quantitative estimate of drug-likeness (QED) is 0.468. The van der Waals surface area contributed by atoms with Crippen LogP contribution in [0.15, 0.2) is 0 Å². The molecule has 0 fully saturated rings. The minimum atomic E-state index is -4.51. The second kappa shape index (κ2) is 6.40. The summed E-state index contributed by atoms with van der Waals surface area (Å²) in [5.41, 5.74) is 6.79. The van der Waals surface area contributed by atoms with Crippen molar-refractivity contribution < 1.29 is 18.9 Å². The van der Waals surface area contributed by atoms with Crippen molar-refractivity contribution in [1.82, 2.24) is 0 Å². The van der Waals surface area contributed by atoms with Crippen molar-refractivity contribution in [2.24, 2.45) is 5.41 Å². The molecule has 3 aliphatic carbocycles. The Hall–Kier alpha value is -0.830. The molecule has 5 heteroatoms. The summed E-state index contributed by atoms with van der Waals surface area (Å²) in [5.74, 6) is 0.548. The lowest BCUT2D eigenvalue weighted by Gasteiger charge is -2.21. The fourth-order valence-corrected chi connectivity index (χ4v) is 5.92. The van der Waals surface area contributed by atoms with Crippen LogP contribution in [0.2, 0.25) is 0 Å². The van der Waals surface area contributed by atoms with Crippen LogP contribution in [0.5, 0.6) is 5.75 Å². The average Bonchev–Trinajstić information content (AvgIpc) is 3.15. The molecule has 3 bridgehead atoms. The van der Waals surface area contributed by atoms with E-state index in [-0.39, 0.29) is 0 Å². The molecule has 0 saturated carbocycles. The van der Waals surface area contributed by atoms with Crippen molar-refractivity contribution in [2.45, 2.75) is 84.0 Å². The number of benzene rings is 1. The Morgan fingerprint density at radius 2 is 1.44 bits per heavy atom. The van der Waals surface area contributed by atoms with Crippen LogP contribution in [-0.4, -0.2) is 9.79 Å². The highest BCUT2D eigenvalue weighted by Crippen LogP contribution is 2.62. The first kappa shape index (κ1) is 17.6. The van der Waals surface area contributed by atoms with E-state index in [1.807, 2.05) is 0 Å². The molecule has 0 aromatic heterocycles. The van der Waals surface area contributed by atoms with Crippen LogP contribution < -0.4 is 4.52 Å². The van der Waals surface area contributed by atoms with E-state index >= 15 is 0 Å². The zero-order valence-electron chi connectivity index (χ0n) is 15.1. The molecule has 25 heavy (non-hydrogen) atoms. The molecule has 1 aromatic rings. The van der Waals surface area contributed by atoms with Gasteiger partial charge in [0.2, 0.25) is 0 Å². The minimum Gasteiger partial charge on any atom is -0.404 e. The highest BCUT2D eigenvalue weighted by atomic mass is 31.2. The third-order valence-electron chi connectivity index (χ3n) is 6.45. The fraction of sp³-hybridized carbons (Fsp3) is 0.700. The Bertz CT molecular complexity index is 736. The highest BCUT2D eigenvalue weighted by Gasteiger charge is 2.53. The molecule has 0 radical (unpaired) electrons. The van der Waals surface area contributed by atoms with Crippen LogP contribution >= 0.6 is 7.82 Å². The summed E-state index contributed by atoms with van der Waals surface area (Å²) in [4.78, 5) is 18.8. The maximum absolute atomic E-state index is 11.5. The molecular weight excluding hydrogens is 335 g/mol. The molecule has 4 nitrogen and oxygen atoms in total. The van der Waals surface area contributed by atoms with Gasteiger partial charge in [-0.2, -0.15) is 0 Å². The van der Waals surface area contributed by atoms with Crippen LogP contribution in [0.3, 0.4) is 0 Å². The molecule has 3 aliphatic rings. The van der Waals surface area contributed by atoms with Gasteiger partial charge in [-0.25, -0.2) is 4.57 Å². The van der Waals surface area contributed by atoms with Gasteiger partial charge < -0.3 is 4.52 Å². The van der Waals surface area contributed by atoms with Crippen LogP contribution in [0.1, 0.15) is 79.7 Å². The summed E-state index contributed by atoms with van der Waals surface area (Å²) in [6.45, 7) is 2.23. The summed E-state index contributed by atoms with van der Waals surface area (Å²) in [7, 11) is -4.51. The molecule has 1 spiro atoms. The zero-order valence-corrected chi connectivity index (χ0v) is 16.0. The molecule has 2 N–H and O–H groups in total. The van der Waals surface area contributed by atoms with Crippen LogP contribution in [-0.2, 0) is 36.7 Å². The van der Waals surface area contributed by atoms with Gasteiger partial charge in [0.15, 0.2) is 0 Å². The molecule has 0 saturated heterocycles. The maximum atomic E-state index is 11.5. The Morgan fingerprint density at radius 1 is 0.880 bits per heavy atom. The number of rotatable bonds is 10. The number of hydrogen-bond acceptors (Lipinski definition) is 2. The van der Waals surface area contributed by atoms with Crippen molar-refractivity contribution in [3.8, 4) is 5.75 Å². The van der Waals surface area contributed by atoms with E-state index in [0.29, 0.717) is 11.2 Å².